The van der Waals surface area contributed by atoms with Crippen LogP contribution in [-0.4, -0.2) is 59.5 Å². The second-order valence-corrected chi connectivity index (χ2v) is 7.82. The molecular formula is C19H30N4O2. The fourth-order valence-corrected chi connectivity index (χ4v) is 3.28. The summed E-state index contributed by atoms with van der Waals surface area (Å²) in [5.41, 5.74) is 0.536. The van der Waals surface area contributed by atoms with E-state index in [1.54, 1.807) is 12.2 Å². The summed E-state index contributed by atoms with van der Waals surface area (Å²) in [4.78, 5) is 32.3. The fraction of sp³-hybridized carbons (Fsp3) is 0.632. The smallest absolute Gasteiger partial charge is 0.249 e. The Kier molecular flexibility index (Phi) is 6.03. The molecule has 0 spiro atoms. The first-order valence-corrected chi connectivity index (χ1v) is 8.93. The summed E-state index contributed by atoms with van der Waals surface area (Å²) in [5.74, 6) is 0.885. The van der Waals surface area contributed by atoms with E-state index in [2.05, 4.69) is 17.0 Å². The number of allylic oxidation sites excluding steroid dienone is 2. The van der Waals surface area contributed by atoms with Crippen molar-refractivity contribution < 1.29 is 9.59 Å². The topological polar surface area (TPSA) is 65.0 Å². The molecule has 2 fully saturated rings. The molecule has 0 aromatic carbocycles. The van der Waals surface area contributed by atoms with Crippen LogP contribution in [0.5, 0.6) is 0 Å². The Balaban J connectivity index is 1.97. The summed E-state index contributed by atoms with van der Waals surface area (Å²) in [6.45, 7) is 13.7. The molecule has 0 aliphatic carbocycles. The van der Waals surface area contributed by atoms with E-state index in [-0.39, 0.29) is 23.4 Å². The molecule has 6 nitrogen and oxygen atoms in total. The highest BCUT2D eigenvalue weighted by Crippen LogP contribution is 2.22. The molecule has 2 amide bonds. The van der Waals surface area contributed by atoms with Crippen molar-refractivity contribution in [3.8, 4) is 0 Å². The third-order valence-electron chi connectivity index (χ3n) is 4.50. The fourth-order valence-electron chi connectivity index (χ4n) is 3.28. The first-order chi connectivity index (χ1) is 11.7. The third kappa shape index (κ3) is 5.18. The van der Waals surface area contributed by atoms with Gasteiger partial charge in [-0.05, 0) is 53.3 Å². The number of amides is 2. The number of nitrogens with zero attached hydrogens (tertiary/aromatic N) is 3. The summed E-state index contributed by atoms with van der Waals surface area (Å²) < 4.78 is 0. The number of aliphatic imine (C=N–C) groups is 1. The maximum Gasteiger partial charge on any atom is 0.249 e. The highest BCUT2D eigenvalue weighted by Gasteiger charge is 2.34. The van der Waals surface area contributed by atoms with Crippen LogP contribution in [0.1, 0.15) is 47.0 Å². The van der Waals surface area contributed by atoms with Gasteiger partial charge in [-0.1, -0.05) is 6.08 Å². The Bertz CT molecular complexity index is 601. The zero-order valence-electron chi connectivity index (χ0n) is 15.8. The van der Waals surface area contributed by atoms with Crippen molar-refractivity contribution in [2.45, 2.75) is 58.5 Å². The Hall–Kier alpha value is -2.11. The van der Waals surface area contributed by atoms with Crippen molar-refractivity contribution >= 4 is 18.5 Å². The predicted molar refractivity (Wildman–Crippen MR) is 100 cm³/mol. The van der Waals surface area contributed by atoms with Crippen LogP contribution < -0.4 is 5.32 Å². The van der Waals surface area contributed by atoms with Crippen LogP contribution in [0.3, 0.4) is 0 Å². The van der Waals surface area contributed by atoms with Crippen molar-refractivity contribution in [2.75, 3.05) is 19.6 Å². The van der Waals surface area contributed by atoms with E-state index in [1.165, 1.54) is 0 Å². The molecule has 25 heavy (non-hydrogen) atoms. The molecule has 1 atom stereocenters. The van der Waals surface area contributed by atoms with E-state index in [4.69, 9.17) is 0 Å². The van der Waals surface area contributed by atoms with Gasteiger partial charge in [0, 0.05) is 37.2 Å². The molecule has 6 heteroatoms. The summed E-state index contributed by atoms with van der Waals surface area (Å²) in [7, 11) is 0. The van der Waals surface area contributed by atoms with Crippen LogP contribution in [0.2, 0.25) is 0 Å². The number of hydrogen-bond acceptors (Lipinski definition) is 4. The number of nitrogens with one attached hydrogen (secondary N) is 1. The lowest BCUT2D eigenvalue weighted by Crippen LogP contribution is -2.39. The monoisotopic (exact) mass is 346 g/mol. The van der Waals surface area contributed by atoms with E-state index in [1.807, 2.05) is 37.5 Å². The summed E-state index contributed by atoms with van der Waals surface area (Å²) in [6.07, 6.45) is 6.01. The molecule has 2 saturated heterocycles. The number of carbonyl (C=O) groups excluding carboxylic acids is 2. The van der Waals surface area contributed by atoms with Crippen LogP contribution in [-0.2, 0) is 9.59 Å². The molecule has 2 aliphatic heterocycles. The van der Waals surface area contributed by atoms with Gasteiger partial charge in [0.25, 0.3) is 0 Å². The lowest BCUT2D eigenvalue weighted by atomic mass is 10.1. The van der Waals surface area contributed by atoms with Gasteiger partial charge in [0.1, 0.15) is 5.82 Å². The van der Waals surface area contributed by atoms with E-state index in [0.717, 1.165) is 19.4 Å². The molecule has 1 N–H and O–H groups in total. The highest BCUT2D eigenvalue weighted by atomic mass is 16.2. The molecule has 2 aliphatic rings. The van der Waals surface area contributed by atoms with Gasteiger partial charge in [0.2, 0.25) is 11.8 Å². The second-order valence-electron chi connectivity index (χ2n) is 7.82. The van der Waals surface area contributed by atoms with Crippen molar-refractivity contribution in [3.63, 3.8) is 0 Å². The minimum Gasteiger partial charge on any atom is -0.366 e. The van der Waals surface area contributed by atoms with Crippen molar-refractivity contribution in [1.82, 2.24) is 15.1 Å². The average molecular weight is 346 g/mol. The Morgan fingerprint density at radius 3 is 2.60 bits per heavy atom. The molecule has 0 bridgehead atoms. The SMILES string of the molecule is C=N/C(=C\C=C(/C)C(=O)N1CC[C@H](N2CCCC2=O)C1)NC(C)(C)C. The Morgan fingerprint density at radius 2 is 2.04 bits per heavy atom. The van der Waals surface area contributed by atoms with Crippen LogP contribution in [0, 0.1) is 0 Å². The minimum atomic E-state index is -0.122. The molecule has 0 aromatic rings. The molecule has 0 radical (unpaired) electrons. The second kappa shape index (κ2) is 7.85. The normalized spacial score (nSPS) is 22.6. The van der Waals surface area contributed by atoms with Gasteiger partial charge in [0.15, 0.2) is 0 Å². The van der Waals surface area contributed by atoms with Crippen LogP contribution in [0.15, 0.2) is 28.5 Å². The molecule has 0 saturated carbocycles. The van der Waals surface area contributed by atoms with Gasteiger partial charge >= 0.3 is 0 Å². The highest BCUT2D eigenvalue weighted by molar-refractivity contribution is 5.93. The maximum absolute atomic E-state index is 12.6. The Morgan fingerprint density at radius 1 is 1.32 bits per heavy atom. The third-order valence-corrected chi connectivity index (χ3v) is 4.50. The van der Waals surface area contributed by atoms with Gasteiger partial charge in [-0.3, -0.25) is 9.59 Å². The standard InChI is InChI=1S/C19H30N4O2/c1-14(8-9-16(20-5)21-19(2,3)4)18(25)22-12-10-15(13-22)23-11-6-7-17(23)24/h8-9,15,21H,5-7,10-13H2,1-4H3/b14-8+,16-9+/t15-/m0/s1. The molecule has 2 heterocycles. The van der Waals surface area contributed by atoms with Gasteiger partial charge < -0.3 is 15.1 Å². The van der Waals surface area contributed by atoms with Crippen molar-refractivity contribution in [3.05, 3.63) is 23.5 Å². The summed E-state index contributed by atoms with van der Waals surface area (Å²) >= 11 is 0. The first-order valence-electron chi connectivity index (χ1n) is 8.93. The number of carbonyl (C=O) groups is 2. The maximum atomic E-state index is 12.6. The number of rotatable bonds is 5. The number of hydrogen-bond donors (Lipinski definition) is 1. The Labute approximate surface area is 150 Å². The van der Waals surface area contributed by atoms with Crippen molar-refractivity contribution in [2.24, 2.45) is 4.99 Å². The average Bonchev–Trinajstić information content (AvgIpc) is 3.17. The summed E-state index contributed by atoms with van der Waals surface area (Å²) in [5, 5.41) is 3.24. The van der Waals surface area contributed by atoms with Gasteiger partial charge in [-0.2, -0.15) is 0 Å². The zero-order valence-corrected chi connectivity index (χ0v) is 15.8. The van der Waals surface area contributed by atoms with E-state index < -0.39 is 0 Å². The number of likely N-dealkylation sites (tertiary alicyclic amines) is 2. The first kappa shape index (κ1) is 19.2. The van der Waals surface area contributed by atoms with Crippen LogP contribution in [0.4, 0.5) is 0 Å². The van der Waals surface area contributed by atoms with Crippen LogP contribution >= 0.6 is 0 Å². The lowest BCUT2D eigenvalue weighted by molar-refractivity contribution is -0.131. The molecule has 0 unspecified atom stereocenters. The predicted octanol–water partition coefficient (Wildman–Crippen LogP) is 2.09. The molecule has 2 rings (SSSR count). The quantitative estimate of drug-likeness (QED) is 0.471. The lowest BCUT2D eigenvalue weighted by Gasteiger charge is -2.24. The van der Waals surface area contributed by atoms with Gasteiger partial charge in [-0.15, -0.1) is 0 Å². The largest absolute Gasteiger partial charge is 0.366 e. The molecule has 138 valence electrons. The molecule has 0 aromatic heterocycles. The minimum absolute atomic E-state index is 0.0181. The van der Waals surface area contributed by atoms with Gasteiger partial charge in [0.05, 0.1) is 6.04 Å². The van der Waals surface area contributed by atoms with Crippen molar-refractivity contribution in [1.29, 1.82) is 0 Å². The van der Waals surface area contributed by atoms with E-state index >= 15 is 0 Å². The van der Waals surface area contributed by atoms with E-state index in [9.17, 15) is 9.59 Å². The van der Waals surface area contributed by atoms with Crippen LogP contribution in [0.25, 0.3) is 0 Å². The van der Waals surface area contributed by atoms with Gasteiger partial charge in [-0.25, -0.2) is 4.99 Å². The summed E-state index contributed by atoms with van der Waals surface area (Å²) in [6, 6.07) is 0.176. The molecular weight excluding hydrogens is 316 g/mol. The zero-order chi connectivity index (χ0) is 18.6. The van der Waals surface area contributed by atoms with E-state index in [0.29, 0.717) is 30.9 Å².